The Hall–Kier alpha value is -1.92. The molecular weight excluding hydrogens is 277 g/mol. The summed E-state index contributed by atoms with van der Waals surface area (Å²) in [4.78, 5) is 11.0. The first-order valence-corrected chi connectivity index (χ1v) is 6.09. The monoisotopic (exact) mass is 292 g/mol. The van der Waals surface area contributed by atoms with Crippen LogP contribution in [-0.4, -0.2) is 24.0 Å². The number of carboxylic acids is 1. The van der Waals surface area contributed by atoms with Crippen LogP contribution in [0.4, 0.5) is 13.2 Å². The minimum Gasteiger partial charge on any atom is -0.493 e. The van der Waals surface area contributed by atoms with Crippen LogP contribution in [0.15, 0.2) is 18.2 Å². The Morgan fingerprint density at radius 3 is 2.55 bits per heavy atom. The van der Waals surface area contributed by atoms with Gasteiger partial charge in [-0.25, -0.2) is 4.79 Å². The van der Waals surface area contributed by atoms with Gasteiger partial charge in [0, 0.05) is 6.07 Å². The highest BCUT2D eigenvalue weighted by molar-refractivity contribution is 5.91. The minimum absolute atomic E-state index is 0.129. The molecule has 112 valence electrons. The molecule has 0 spiro atoms. The Morgan fingerprint density at radius 1 is 1.30 bits per heavy atom. The van der Waals surface area contributed by atoms with Crippen LogP contribution in [0.2, 0.25) is 0 Å². The summed E-state index contributed by atoms with van der Waals surface area (Å²) in [5, 5.41) is 8.95. The number of ether oxygens (including phenoxy) is 2. The normalized spacial score (nSPS) is 11.2. The third-order valence-electron chi connectivity index (χ3n) is 2.42. The summed E-state index contributed by atoms with van der Waals surface area (Å²) in [5.74, 6) is -1.91. The standard InChI is InChI=1S/C13H15F3O4/c1-2-3-4-7-19-11-8-9(20-13(14,15)16)5-6-10(11)12(17)18/h5-6,8H,2-4,7H2,1H3,(H,17,18). The van der Waals surface area contributed by atoms with Crippen LogP contribution in [0.1, 0.15) is 36.5 Å². The second kappa shape index (κ2) is 7.02. The molecule has 0 aliphatic rings. The number of carboxylic acid groups (broad SMARTS) is 1. The Balaban J connectivity index is 2.85. The Labute approximate surface area is 114 Å². The van der Waals surface area contributed by atoms with Gasteiger partial charge in [-0.2, -0.15) is 0 Å². The van der Waals surface area contributed by atoms with Gasteiger partial charge >= 0.3 is 12.3 Å². The predicted octanol–water partition coefficient (Wildman–Crippen LogP) is 3.85. The molecule has 0 heterocycles. The van der Waals surface area contributed by atoms with Crippen molar-refractivity contribution in [1.82, 2.24) is 0 Å². The fourth-order valence-electron chi connectivity index (χ4n) is 1.53. The van der Waals surface area contributed by atoms with Crippen LogP contribution < -0.4 is 9.47 Å². The molecule has 0 aliphatic carbocycles. The van der Waals surface area contributed by atoms with Crippen molar-refractivity contribution in [1.29, 1.82) is 0 Å². The molecule has 1 N–H and O–H groups in total. The van der Waals surface area contributed by atoms with Crippen molar-refractivity contribution in [2.75, 3.05) is 6.61 Å². The van der Waals surface area contributed by atoms with Gasteiger partial charge < -0.3 is 14.6 Å². The average Bonchev–Trinajstić information content (AvgIpc) is 2.32. The van der Waals surface area contributed by atoms with Gasteiger partial charge in [0.1, 0.15) is 17.1 Å². The van der Waals surface area contributed by atoms with Crippen molar-refractivity contribution < 1.29 is 32.5 Å². The molecule has 0 unspecified atom stereocenters. The first kappa shape index (κ1) is 16.1. The van der Waals surface area contributed by atoms with Gasteiger partial charge in [-0.05, 0) is 18.6 Å². The molecule has 0 radical (unpaired) electrons. The lowest BCUT2D eigenvalue weighted by Crippen LogP contribution is -2.17. The largest absolute Gasteiger partial charge is 0.573 e. The molecule has 4 nitrogen and oxygen atoms in total. The quantitative estimate of drug-likeness (QED) is 0.775. The molecule has 0 saturated carbocycles. The van der Waals surface area contributed by atoms with E-state index in [-0.39, 0.29) is 17.9 Å². The summed E-state index contributed by atoms with van der Waals surface area (Å²) in [6.07, 6.45) is -2.29. The van der Waals surface area contributed by atoms with Crippen molar-refractivity contribution in [3.63, 3.8) is 0 Å². The van der Waals surface area contributed by atoms with Gasteiger partial charge in [0.15, 0.2) is 0 Å². The number of unbranched alkanes of at least 4 members (excludes halogenated alkanes) is 2. The summed E-state index contributed by atoms with van der Waals surface area (Å²) >= 11 is 0. The van der Waals surface area contributed by atoms with Gasteiger partial charge in [0.25, 0.3) is 0 Å². The Kier molecular flexibility index (Phi) is 5.66. The number of hydrogen-bond acceptors (Lipinski definition) is 3. The van der Waals surface area contributed by atoms with E-state index in [1.54, 1.807) is 0 Å². The second-order valence-corrected chi connectivity index (χ2v) is 4.07. The topological polar surface area (TPSA) is 55.8 Å². The number of benzene rings is 1. The molecule has 0 atom stereocenters. The van der Waals surface area contributed by atoms with Crippen molar-refractivity contribution in [3.8, 4) is 11.5 Å². The number of halogens is 3. The zero-order valence-corrected chi connectivity index (χ0v) is 10.9. The second-order valence-electron chi connectivity index (χ2n) is 4.07. The van der Waals surface area contributed by atoms with E-state index in [2.05, 4.69) is 4.74 Å². The van der Waals surface area contributed by atoms with Gasteiger partial charge in [0.2, 0.25) is 0 Å². The van der Waals surface area contributed by atoms with E-state index in [0.717, 1.165) is 31.0 Å². The van der Waals surface area contributed by atoms with E-state index in [0.29, 0.717) is 6.42 Å². The van der Waals surface area contributed by atoms with E-state index in [4.69, 9.17) is 9.84 Å². The fourth-order valence-corrected chi connectivity index (χ4v) is 1.53. The third-order valence-corrected chi connectivity index (χ3v) is 2.42. The summed E-state index contributed by atoms with van der Waals surface area (Å²) in [7, 11) is 0. The number of aromatic carboxylic acids is 1. The van der Waals surface area contributed by atoms with Gasteiger partial charge in [-0.3, -0.25) is 0 Å². The van der Waals surface area contributed by atoms with Crippen LogP contribution in [0.25, 0.3) is 0 Å². The van der Waals surface area contributed by atoms with Crippen molar-refractivity contribution >= 4 is 5.97 Å². The van der Waals surface area contributed by atoms with E-state index >= 15 is 0 Å². The molecule has 7 heteroatoms. The highest BCUT2D eigenvalue weighted by atomic mass is 19.4. The molecule has 0 aliphatic heterocycles. The maximum atomic E-state index is 12.1. The lowest BCUT2D eigenvalue weighted by molar-refractivity contribution is -0.274. The van der Waals surface area contributed by atoms with Crippen LogP contribution in [-0.2, 0) is 0 Å². The maximum Gasteiger partial charge on any atom is 0.573 e. The molecule has 0 saturated heterocycles. The summed E-state index contributed by atoms with van der Waals surface area (Å²) in [5.41, 5.74) is -0.198. The van der Waals surface area contributed by atoms with E-state index in [1.807, 2.05) is 6.92 Å². The highest BCUT2D eigenvalue weighted by Gasteiger charge is 2.31. The SMILES string of the molecule is CCCCCOc1cc(OC(F)(F)F)ccc1C(=O)O. The number of carbonyl (C=O) groups is 1. The molecule has 1 rings (SSSR count). The summed E-state index contributed by atoms with van der Waals surface area (Å²) in [6.45, 7) is 2.23. The minimum atomic E-state index is -4.83. The van der Waals surface area contributed by atoms with Gasteiger partial charge in [0.05, 0.1) is 6.61 Å². The van der Waals surface area contributed by atoms with E-state index in [9.17, 15) is 18.0 Å². The van der Waals surface area contributed by atoms with E-state index in [1.165, 1.54) is 0 Å². The molecule has 0 aromatic heterocycles. The molecule has 0 amide bonds. The van der Waals surface area contributed by atoms with Crippen molar-refractivity contribution in [2.45, 2.75) is 32.5 Å². The van der Waals surface area contributed by atoms with Crippen LogP contribution in [0, 0.1) is 0 Å². The predicted molar refractivity (Wildman–Crippen MR) is 65.1 cm³/mol. The maximum absolute atomic E-state index is 12.1. The average molecular weight is 292 g/mol. The van der Waals surface area contributed by atoms with Gasteiger partial charge in [-0.1, -0.05) is 19.8 Å². The molecule has 1 aromatic carbocycles. The van der Waals surface area contributed by atoms with Crippen molar-refractivity contribution in [2.24, 2.45) is 0 Å². The Morgan fingerprint density at radius 2 is 2.00 bits per heavy atom. The Bertz CT molecular complexity index is 457. The van der Waals surface area contributed by atoms with Gasteiger partial charge in [-0.15, -0.1) is 13.2 Å². The smallest absolute Gasteiger partial charge is 0.493 e. The zero-order chi connectivity index (χ0) is 15.2. The lowest BCUT2D eigenvalue weighted by atomic mass is 10.2. The number of rotatable bonds is 7. The van der Waals surface area contributed by atoms with Crippen LogP contribution >= 0.6 is 0 Å². The van der Waals surface area contributed by atoms with Crippen LogP contribution in [0.3, 0.4) is 0 Å². The highest BCUT2D eigenvalue weighted by Crippen LogP contribution is 2.29. The first-order chi connectivity index (χ1) is 9.33. The number of alkyl halides is 3. The first-order valence-electron chi connectivity index (χ1n) is 6.09. The fraction of sp³-hybridized carbons (Fsp3) is 0.462. The van der Waals surface area contributed by atoms with Crippen LogP contribution in [0.5, 0.6) is 11.5 Å². The summed E-state index contributed by atoms with van der Waals surface area (Å²) in [6, 6.07) is 2.90. The third kappa shape index (κ3) is 5.38. The summed E-state index contributed by atoms with van der Waals surface area (Å²) < 4.78 is 45.3. The molecule has 0 bridgehead atoms. The molecule has 0 fully saturated rings. The van der Waals surface area contributed by atoms with E-state index < -0.39 is 18.1 Å². The number of hydrogen-bond donors (Lipinski definition) is 1. The molecule has 1 aromatic rings. The molecule has 20 heavy (non-hydrogen) atoms. The lowest BCUT2D eigenvalue weighted by Gasteiger charge is -2.13. The molecular formula is C13H15F3O4. The van der Waals surface area contributed by atoms with Crippen molar-refractivity contribution in [3.05, 3.63) is 23.8 Å². The zero-order valence-electron chi connectivity index (χ0n) is 10.9.